The van der Waals surface area contributed by atoms with E-state index in [1.165, 1.54) is 60.0 Å². The molecule has 3 atom stereocenters. The van der Waals surface area contributed by atoms with E-state index < -0.39 is 56.8 Å². The van der Waals surface area contributed by atoms with Gasteiger partial charge in [-0.2, -0.15) is 18.4 Å². The van der Waals surface area contributed by atoms with E-state index in [-0.39, 0.29) is 26.7 Å². The molecule has 4 rings (SSSR count). The Morgan fingerprint density at radius 1 is 1.20 bits per heavy atom. The number of hydrogen-bond acceptors (Lipinski definition) is 9. The maximum Gasteiger partial charge on any atom is 0.437 e. The van der Waals surface area contributed by atoms with E-state index in [0.29, 0.717) is 11.8 Å². The van der Waals surface area contributed by atoms with E-state index in [0.717, 1.165) is 17.4 Å². The standard InChI is InChI=1S/C26H18ClF3N4O5S2/c27-16-7-2-1-6-14(16)21-15(12-31)24(41-13-20(35)32-17-8-3-4-9-18(17)34(38)39)33-25(37,26(28,29)30)22(21)23(36)19-10-5-11-40-19/h1-11,21-22,33,37H,13H2,(H,32,35)/t21-,22-,25+/m0/s1. The fourth-order valence-electron chi connectivity index (χ4n) is 4.39. The summed E-state index contributed by atoms with van der Waals surface area (Å²) in [5, 5.41) is 37.8. The van der Waals surface area contributed by atoms with Crippen LogP contribution in [0.15, 0.2) is 76.6 Å². The van der Waals surface area contributed by atoms with Gasteiger partial charge in [0.25, 0.3) is 5.69 Å². The second kappa shape index (κ2) is 11.9. The van der Waals surface area contributed by atoms with Gasteiger partial charge in [-0.3, -0.25) is 19.7 Å². The van der Waals surface area contributed by atoms with Gasteiger partial charge in [0.1, 0.15) is 5.69 Å². The van der Waals surface area contributed by atoms with Crippen LogP contribution >= 0.6 is 34.7 Å². The van der Waals surface area contributed by atoms with E-state index in [1.54, 1.807) is 0 Å². The topological polar surface area (TPSA) is 145 Å². The number of thiophene rings is 1. The second-order valence-electron chi connectivity index (χ2n) is 8.67. The molecule has 3 N–H and O–H groups in total. The molecule has 2 aromatic carbocycles. The van der Waals surface area contributed by atoms with Crippen molar-refractivity contribution in [3.8, 4) is 6.07 Å². The van der Waals surface area contributed by atoms with Crippen LogP contribution in [-0.4, -0.2) is 39.4 Å². The normalized spacial score (nSPS) is 20.6. The van der Waals surface area contributed by atoms with Crippen molar-refractivity contribution < 1.29 is 32.8 Å². The third kappa shape index (κ3) is 5.94. The molecule has 0 bridgehead atoms. The molecule has 0 saturated carbocycles. The molecule has 0 radical (unpaired) electrons. The zero-order chi connectivity index (χ0) is 29.9. The number of aliphatic hydroxyl groups is 1. The van der Waals surface area contributed by atoms with Crippen LogP contribution in [0.4, 0.5) is 24.5 Å². The lowest BCUT2D eigenvalue weighted by molar-refractivity contribution is -0.383. The third-order valence-corrected chi connectivity index (χ3v) is 8.45. The molecule has 41 heavy (non-hydrogen) atoms. The number of halogens is 4. The van der Waals surface area contributed by atoms with Crippen LogP contribution in [0.3, 0.4) is 0 Å². The quantitative estimate of drug-likeness (QED) is 0.161. The number of nitro benzene ring substituents is 1. The number of rotatable bonds is 8. The minimum absolute atomic E-state index is 0.00717. The summed E-state index contributed by atoms with van der Waals surface area (Å²) in [6, 6.07) is 15.6. The molecule has 1 amide bonds. The number of anilines is 1. The van der Waals surface area contributed by atoms with Crippen LogP contribution in [0.2, 0.25) is 5.02 Å². The highest BCUT2D eigenvalue weighted by atomic mass is 35.5. The Kier molecular flexibility index (Phi) is 8.74. The molecule has 1 aromatic heterocycles. The first-order valence-corrected chi connectivity index (χ1v) is 13.8. The molecule has 1 aliphatic rings. The SMILES string of the molecule is N#CC1=C(SCC(=O)Nc2ccccc2[N+](=O)[O-])N[C@](O)(C(F)(F)F)[C@H](C(=O)c2cccs2)[C@H]1c1ccccc1Cl. The molecular weight excluding hydrogens is 605 g/mol. The number of hydrogen-bond donors (Lipinski definition) is 3. The van der Waals surface area contributed by atoms with Crippen molar-refractivity contribution in [2.75, 3.05) is 11.1 Å². The van der Waals surface area contributed by atoms with Gasteiger partial charge in [-0.1, -0.05) is 59.8 Å². The van der Waals surface area contributed by atoms with E-state index in [4.69, 9.17) is 11.6 Å². The molecule has 0 saturated heterocycles. The highest BCUT2D eigenvalue weighted by molar-refractivity contribution is 8.03. The minimum atomic E-state index is -5.43. The molecule has 0 unspecified atom stereocenters. The number of nitrogens with zero attached hydrogens (tertiary/aromatic N) is 2. The molecule has 0 aliphatic carbocycles. The number of ketones is 1. The molecule has 0 fully saturated rings. The van der Waals surface area contributed by atoms with Crippen molar-refractivity contribution in [3.05, 3.63) is 102 Å². The van der Waals surface area contributed by atoms with Crippen molar-refractivity contribution in [1.82, 2.24) is 5.32 Å². The fraction of sp³-hybridized carbons (Fsp3) is 0.192. The predicted octanol–water partition coefficient (Wildman–Crippen LogP) is 5.85. The molecule has 2 heterocycles. The van der Waals surface area contributed by atoms with Gasteiger partial charge < -0.3 is 15.7 Å². The number of nitro groups is 1. The summed E-state index contributed by atoms with van der Waals surface area (Å²) >= 11 is 7.67. The maximum atomic E-state index is 14.6. The first-order valence-electron chi connectivity index (χ1n) is 11.6. The average Bonchev–Trinajstić information content (AvgIpc) is 3.46. The summed E-state index contributed by atoms with van der Waals surface area (Å²) in [7, 11) is 0. The largest absolute Gasteiger partial charge is 0.437 e. The number of nitriles is 1. The Bertz CT molecular complexity index is 1580. The fourth-order valence-corrected chi connectivity index (χ4v) is 6.25. The first kappa shape index (κ1) is 30.1. The van der Waals surface area contributed by atoms with Crippen LogP contribution in [0.5, 0.6) is 0 Å². The maximum absolute atomic E-state index is 14.6. The van der Waals surface area contributed by atoms with Crippen molar-refractivity contribution in [2.24, 2.45) is 5.92 Å². The Morgan fingerprint density at radius 3 is 2.49 bits per heavy atom. The van der Waals surface area contributed by atoms with Crippen LogP contribution in [-0.2, 0) is 4.79 Å². The van der Waals surface area contributed by atoms with Gasteiger partial charge in [0.05, 0.1) is 38.1 Å². The molecule has 15 heteroatoms. The Hall–Kier alpha value is -3.90. The molecule has 3 aromatic rings. The van der Waals surface area contributed by atoms with Gasteiger partial charge >= 0.3 is 6.18 Å². The van der Waals surface area contributed by atoms with E-state index >= 15 is 0 Å². The Morgan fingerprint density at radius 2 is 1.88 bits per heavy atom. The van der Waals surface area contributed by atoms with Crippen molar-refractivity contribution in [1.29, 1.82) is 5.26 Å². The Balaban J connectivity index is 1.79. The monoisotopic (exact) mass is 622 g/mol. The van der Waals surface area contributed by atoms with Gasteiger partial charge in [-0.05, 0) is 29.1 Å². The van der Waals surface area contributed by atoms with Crippen molar-refractivity contribution in [3.63, 3.8) is 0 Å². The van der Waals surface area contributed by atoms with E-state index in [9.17, 15) is 43.2 Å². The Labute approximate surface area is 243 Å². The van der Waals surface area contributed by atoms with Gasteiger partial charge in [-0.15, -0.1) is 11.3 Å². The lowest BCUT2D eigenvalue weighted by atomic mass is 9.70. The number of carbonyl (C=O) groups excluding carboxylic acids is 2. The lowest BCUT2D eigenvalue weighted by Gasteiger charge is -2.45. The van der Waals surface area contributed by atoms with Gasteiger partial charge in [0.15, 0.2) is 5.78 Å². The highest BCUT2D eigenvalue weighted by Crippen LogP contribution is 2.52. The summed E-state index contributed by atoms with van der Waals surface area (Å²) in [4.78, 5) is 36.7. The second-order valence-corrected chi connectivity index (χ2v) is 11.0. The van der Waals surface area contributed by atoms with Gasteiger partial charge in [0.2, 0.25) is 11.6 Å². The number of thioether (sulfide) groups is 1. The number of allylic oxidation sites excluding steroid dienone is 1. The molecule has 212 valence electrons. The zero-order valence-corrected chi connectivity index (χ0v) is 22.9. The number of amides is 1. The molecule has 9 nitrogen and oxygen atoms in total. The van der Waals surface area contributed by atoms with Gasteiger partial charge in [0, 0.05) is 17.0 Å². The number of Topliss-reactive ketones (excluding diaryl/α,β-unsaturated/α-hetero) is 1. The average molecular weight is 623 g/mol. The summed E-state index contributed by atoms with van der Waals surface area (Å²) in [5.74, 6) is -6.43. The molecule has 0 spiro atoms. The summed E-state index contributed by atoms with van der Waals surface area (Å²) in [6.07, 6.45) is -5.43. The smallest absolute Gasteiger partial charge is 0.363 e. The minimum Gasteiger partial charge on any atom is -0.363 e. The number of carbonyl (C=O) groups is 2. The first-order chi connectivity index (χ1) is 19.4. The summed E-state index contributed by atoms with van der Waals surface area (Å²) < 4.78 is 43.9. The zero-order valence-electron chi connectivity index (χ0n) is 20.5. The van der Waals surface area contributed by atoms with E-state index in [2.05, 4.69) is 5.32 Å². The van der Waals surface area contributed by atoms with Crippen LogP contribution < -0.4 is 10.6 Å². The predicted molar refractivity (Wildman–Crippen MR) is 147 cm³/mol. The van der Waals surface area contributed by atoms with Crippen LogP contribution in [0.1, 0.15) is 21.2 Å². The van der Waals surface area contributed by atoms with Crippen LogP contribution in [0.25, 0.3) is 0 Å². The summed E-state index contributed by atoms with van der Waals surface area (Å²) in [5.41, 5.74) is -4.78. The number of para-hydroxylation sites is 2. The lowest BCUT2D eigenvalue weighted by Crippen LogP contribution is -2.66. The number of benzene rings is 2. The third-order valence-electron chi connectivity index (χ3n) is 6.20. The van der Waals surface area contributed by atoms with E-state index in [1.807, 2.05) is 11.4 Å². The molecule has 1 aliphatic heterocycles. The van der Waals surface area contributed by atoms with Crippen LogP contribution in [0, 0.1) is 27.4 Å². The van der Waals surface area contributed by atoms with Crippen molar-refractivity contribution >= 4 is 57.8 Å². The summed E-state index contributed by atoms with van der Waals surface area (Å²) in [6.45, 7) is 0. The number of alkyl halides is 3. The van der Waals surface area contributed by atoms with Crippen molar-refractivity contribution in [2.45, 2.75) is 17.8 Å². The molecular formula is C26H18ClF3N4O5S2. The van der Waals surface area contributed by atoms with Gasteiger partial charge in [-0.25, -0.2) is 0 Å². The number of nitrogens with one attached hydrogen (secondary N) is 2. The highest BCUT2D eigenvalue weighted by Gasteiger charge is 2.66.